The van der Waals surface area contributed by atoms with Crippen LogP contribution in [0, 0.1) is 0 Å². The van der Waals surface area contributed by atoms with Gasteiger partial charge in [-0.05, 0) is 12.5 Å². The van der Waals surface area contributed by atoms with E-state index in [4.69, 9.17) is 0 Å². The van der Waals surface area contributed by atoms with Gasteiger partial charge in [-0.25, -0.2) is 4.79 Å². The van der Waals surface area contributed by atoms with E-state index in [1.807, 2.05) is 30.3 Å². The number of nitrogens with one attached hydrogen (secondary N) is 1. The quantitative estimate of drug-likeness (QED) is 0.724. The van der Waals surface area contributed by atoms with Crippen LogP contribution >= 0.6 is 0 Å². The third-order valence-corrected chi connectivity index (χ3v) is 5.02. The molecule has 3 amide bonds. The van der Waals surface area contributed by atoms with E-state index in [1.165, 1.54) is 4.90 Å². The summed E-state index contributed by atoms with van der Waals surface area (Å²) in [5, 5.41) is 13.0. The molecule has 2 heterocycles. The molecule has 7 nitrogen and oxygen atoms in total. The van der Waals surface area contributed by atoms with E-state index in [2.05, 4.69) is 22.0 Å². The Hall–Kier alpha value is -1.96. The SMILES string of the molecule is C[C@@H]1CN(CCN2C(=O)CNC2=O)CCN1C[C@@H](O)c1ccccc1. The monoisotopic (exact) mass is 346 g/mol. The van der Waals surface area contributed by atoms with Crippen molar-refractivity contribution < 1.29 is 14.7 Å². The van der Waals surface area contributed by atoms with Crippen molar-refractivity contribution in [3.8, 4) is 0 Å². The van der Waals surface area contributed by atoms with Gasteiger partial charge in [-0.15, -0.1) is 0 Å². The molecule has 136 valence electrons. The molecule has 0 aliphatic carbocycles. The van der Waals surface area contributed by atoms with Gasteiger partial charge in [0.1, 0.15) is 0 Å². The fourth-order valence-electron chi connectivity index (χ4n) is 3.47. The molecule has 2 N–H and O–H groups in total. The van der Waals surface area contributed by atoms with Crippen LogP contribution in [-0.4, -0.2) is 83.6 Å². The summed E-state index contributed by atoms with van der Waals surface area (Å²) in [6.45, 7) is 6.61. The molecule has 2 aliphatic heterocycles. The molecule has 0 unspecified atom stereocenters. The molecule has 1 aromatic rings. The third kappa shape index (κ3) is 4.36. The van der Waals surface area contributed by atoms with E-state index in [9.17, 15) is 14.7 Å². The molecule has 25 heavy (non-hydrogen) atoms. The van der Waals surface area contributed by atoms with E-state index in [0.29, 0.717) is 25.7 Å². The first kappa shape index (κ1) is 17.8. The molecule has 0 radical (unpaired) electrons. The highest BCUT2D eigenvalue weighted by molar-refractivity contribution is 6.01. The molecule has 0 bridgehead atoms. The highest BCUT2D eigenvalue weighted by Crippen LogP contribution is 2.17. The minimum atomic E-state index is -0.485. The minimum absolute atomic E-state index is 0.111. The number of hydrogen-bond acceptors (Lipinski definition) is 5. The van der Waals surface area contributed by atoms with Gasteiger partial charge < -0.3 is 10.4 Å². The summed E-state index contributed by atoms with van der Waals surface area (Å²) in [5.74, 6) is -0.150. The zero-order valence-corrected chi connectivity index (χ0v) is 14.6. The summed E-state index contributed by atoms with van der Waals surface area (Å²) in [5.41, 5.74) is 0.940. The summed E-state index contributed by atoms with van der Waals surface area (Å²) in [7, 11) is 0. The Labute approximate surface area is 148 Å². The number of imide groups is 1. The average molecular weight is 346 g/mol. The Balaban J connectivity index is 1.46. The summed E-state index contributed by atoms with van der Waals surface area (Å²) in [4.78, 5) is 29.0. The molecule has 1 aromatic carbocycles. The second kappa shape index (κ2) is 7.95. The molecule has 2 fully saturated rings. The van der Waals surface area contributed by atoms with E-state index in [-0.39, 0.29) is 18.5 Å². The van der Waals surface area contributed by atoms with E-state index < -0.39 is 6.10 Å². The van der Waals surface area contributed by atoms with Crippen LogP contribution in [0.4, 0.5) is 4.79 Å². The number of hydrogen-bond donors (Lipinski definition) is 2. The maximum Gasteiger partial charge on any atom is 0.324 e. The van der Waals surface area contributed by atoms with Crippen molar-refractivity contribution in [1.82, 2.24) is 20.0 Å². The fourth-order valence-corrected chi connectivity index (χ4v) is 3.47. The molecule has 0 spiro atoms. The molecule has 0 aromatic heterocycles. The largest absolute Gasteiger partial charge is 0.387 e. The van der Waals surface area contributed by atoms with Crippen LogP contribution in [0.2, 0.25) is 0 Å². The first-order valence-electron chi connectivity index (χ1n) is 8.82. The molecular weight excluding hydrogens is 320 g/mol. The van der Waals surface area contributed by atoms with Gasteiger partial charge in [-0.2, -0.15) is 0 Å². The van der Waals surface area contributed by atoms with Crippen LogP contribution in [0.3, 0.4) is 0 Å². The first-order chi connectivity index (χ1) is 12.0. The van der Waals surface area contributed by atoms with Crippen LogP contribution in [0.5, 0.6) is 0 Å². The molecule has 2 atom stereocenters. The molecular formula is C18H26N4O3. The maximum atomic E-state index is 11.6. The topological polar surface area (TPSA) is 76.1 Å². The lowest BCUT2D eigenvalue weighted by atomic mass is 10.1. The summed E-state index contributed by atoms with van der Waals surface area (Å²) in [6.07, 6.45) is -0.485. The highest BCUT2D eigenvalue weighted by atomic mass is 16.3. The van der Waals surface area contributed by atoms with Gasteiger partial charge >= 0.3 is 6.03 Å². The Morgan fingerprint density at radius 2 is 1.96 bits per heavy atom. The maximum absolute atomic E-state index is 11.6. The van der Waals surface area contributed by atoms with Gasteiger partial charge in [-0.3, -0.25) is 19.5 Å². The van der Waals surface area contributed by atoms with Crippen molar-refractivity contribution >= 4 is 11.9 Å². The van der Waals surface area contributed by atoms with E-state index in [1.54, 1.807) is 0 Å². The number of carbonyl (C=O) groups is 2. The zero-order valence-electron chi connectivity index (χ0n) is 14.6. The van der Waals surface area contributed by atoms with Crippen LogP contribution in [0.25, 0.3) is 0 Å². The van der Waals surface area contributed by atoms with Gasteiger partial charge in [0.05, 0.1) is 12.6 Å². The number of β-amino-alcohol motifs (C(OH)–C–C–N with tert-alkyl or cyclic N) is 1. The summed E-state index contributed by atoms with van der Waals surface area (Å²) < 4.78 is 0. The molecule has 2 aliphatic rings. The zero-order chi connectivity index (χ0) is 17.8. The average Bonchev–Trinajstić information content (AvgIpc) is 2.94. The predicted molar refractivity (Wildman–Crippen MR) is 94.0 cm³/mol. The smallest absolute Gasteiger partial charge is 0.324 e. The molecule has 2 saturated heterocycles. The number of aliphatic hydroxyl groups is 1. The number of urea groups is 1. The summed E-state index contributed by atoms with van der Waals surface area (Å²) in [6, 6.07) is 9.75. The number of aliphatic hydroxyl groups excluding tert-OH is 1. The first-order valence-corrected chi connectivity index (χ1v) is 8.82. The Morgan fingerprint density at radius 3 is 2.60 bits per heavy atom. The van der Waals surface area contributed by atoms with Crippen LogP contribution in [0.15, 0.2) is 30.3 Å². The van der Waals surface area contributed by atoms with Crippen LogP contribution in [-0.2, 0) is 4.79 Å². The molecule has 3 rings (SSSR count). The second-order valence-electron chi connectivity index (χ2n) is 6.78. The van der Waals surface area contributed by atoms with Gasteiger partial charge in [-0.1, -0.05) is 30.3 Å². The van der Waals surface area contributed by atoms with Crippen molar-refractivity contribution in [2.75, 3.05) is 45.8 Å². The van der Waals surface area contributed by atoms with E-state index in [0.717, 1.165) is 25.2 Å². The number of amides is 3. The number of rotatable bonds is 6. The minimum Gasteiger partial charge on any atom is -0.387 e. The lowest BCUT2D eigenvalue weighted by molar-refractivity contribution is -0.125. The van der Waals surface area contributed by atoms with Crippen molar-refractivity contribution in [3.05, 3.63) is 35.9 Å². The van der Waals surface area contributed by atoms with Crippen LogP contribution < -0.4 is 5.32 Å². The number of nitrogens with zero attached hydrogens (tertiary/aromatic N) is 3. The lowest BCUT2D eigenvalue weighted by Crippen LogP contribution is -2.54. The number of piperazine rings is 1. The number of benzene rings is 1. The highest BCUT2D eigenvalue weighted by Gasteiger charge is 2.30. The lowest BCUT2D eigenvalue weighted by Gasteiger charge is -2.41. The van der Waals surface area contributed by atoms with Crippen molar-refractivity contribution in [3.63, 3.8) is 0 Å². The molecule has 0 saturated carbocycles. The van der Waals surface area contributed by atoms with Gasteiger partial charge in [0.25, 0.3) is 0 Å². The number of carbonyl (C=O) groups excluding carboxylic acids is 2. The normalized spacial score (nSPS) is 23.8. The Morgan fingerprint density at radius 1 is 1.20 bits per heavy atom. The standard InChI is InChI=1S/C18H26N4O3/c1-14-12-20(8-10-22-17(24)11-19-18(22)25)7-9-21(14)13-16(23)15-5-3-2-4-6-15/h2-6,14,16,23H,7-13H2,1H3,(H,19,25)/t14-,16-/m1/s1. The van der Waals surface area contributed by atoms with Gasteiger partial charge in [0, 0.05) is 45.3 Å². The Bertz CT molecular complexity index is 594. The van der Waals surface area contributed by atoms with Crippen molar-refractivity contribution in [2.45, 2.75) is 19.1 Å². The Kier molecular flexibility index (Phi) is 5.67. The summed E-state index contributed by atoms with van der Waals surface area (Å²) >= 11 is 0. The second-order valence-corrected chi connectivity index (χ2v) is 6.78. The van der Waals surface area contributed by atoms with Crippen molar-refractivity contribution in [2.24, 2.45) is 0 Å². The fraction of sp³-hybridized carbons (Fsp3) is 0.556. The van der Waals surface area contributed by atoms with Crippen LogP contribution in [0.1, 0.15) is 18.6 Å². The van der Waals surface area contributed by atoms with Gasteiger partial charge in [0.2, 0.25) is 5.91 Å². The third-order valence-electron chi connectivity index (χ3n) is 5.02. The van der Waals surface area contributed by atoms with Crippen molar-refractivity contribution in [1.29, 1.82) is 0 Å². The molecule has 7 heteroatoms. The predicted octanol–water partition coefficient (Wildman–Crippen LogP) is 0.278. The van der Waals surface area contributed by atoms with E-state index >= 15 is 0 Å². The van der Waals surface area contributed by atoms with Gasteiger partial charge in [0.15, 0.2) is 0 Å².